The fourth-order valence-corrected chi connectivity index (χ4v) is 4.11. The van der Waals surface area contributed by atoms with Crippen LogP contribution in [-0.4, -0.2) is 66.2 Å². The molecule has 2 aliphatic rings. The topological polar surface area (TPSA) is 55.5 Å². The molecule has 6 heteroatoms. The molecule has 0 saturated carbocycles. The molecule has 26 heavy (non-hydrogen) atoms. The number of amides is 1. The first-order valence-corrected chi connectivity index (χ1v) is 9.42. The minimum absolute atomic E-state index is 0.0379. The summed E-state index contributed by atoms with van der Waals surface area (Å²) in [7, 11) is 3.99. The molecule has 0 aliphatic carbocycles. The lowest BCUT2D eigenvalue weighted by molar-refractivity contribution is 0.0768. The van der Waals surface area contributed by atoms with Crippen molar-refractivity contribution in [3.63, 3.8) is 0 Å². The monoisotopic (exact) mass is 353 g/mol. The summed E-state index contributed by atoms with van der Waals surface area (Å²) in [6, 6.07) is 10.5. The van der Waals surface area contributed by atoms with Gasteiger partial charge in [-0.3, -0.25) is 9.89 Å². The normalized spacial score (nSPS) is 20.2. The first-order chi connectivity index (χ1) is 12.6. The average Bonchev–Trinajstić information content (AvgIpc) is 3.28. The zero-order valence-electron chi connectivity index (χ0n) is 15.6. The molecule has 3 heterocycles. The first-order valence-electron chi connectivity index (χ1n) is 9.42. The van der Waals surface area contributed by atoms with E-state index in [1.54, 1.807) is 0 Å². The van der Waals surface area contributed by atoms with Crippen LogP contribution in [0.5, 0.6) is 0 Å². The van der Waals surface area contributed by atoms with Crippen molar-refractivity contribution in [2.75, 3.05) is 45.2 Å². The second-order valence-corrected chi connectivity index (χ2v) is 7.64. The molecule has 1 aromatic heterocycles. The Morgan fingerprint density at radius 2 is 2.12 bits per heavy atom. The number of rotatable bonds is 4. The number of benzene rings is 1. The second-order valence-electron chi connectivity index (χ2n) is 7.64. The van der Waals surface area contributed by atoms with Gasteiger partial charge in [0.25, 0.3) is 5.91 Å². The third-order valence-corrected chi connectivity index (χ3v) is 5.61. The predicted molar refractivity (Wildman–Crippen MR) is 102 cm³/mol. The summed E-state index contributed by atoms with van der Waals surface area (Å²) in [5.41, 5.74) is 4.07. The maximum atomic E-state index is 12.9. The number of nitrogens with zero attached hydrogens (tertiary/aromatic N) is 4. The van der Waals surface area contributed by atoms with Crippen molar-refractivity contribution in [2.24, 2.45) is 5.92 Å². The lowest BCUT2D eigenvalue weighted by Gasteiger charge is -2.24. The van der Waals surface area contributed by atoms with E-state index in [1.165, 1.54) is 5.69 Å². The van der Waals surface area contributed by atoms with Crippen LogP contribution in [0.2, 0.25) is 0 Å². The second kappa shape index (κ2) is 7.11. The van der Waals surface area contributed by atoms with Gasteiger partial charge >= 0.3 is 0 Å². The van der Waals surface area contributed by atoms with Crippen LogP contribution in [-0.2, 0) is 13.0 Å². The van der Waals surface area contributed by atoms with Gasteiger partial charge in [0, 0.05) is 63.1 Å². The third-order valence-electron chi connectivity index (χ3n) is 5.61. The van der Waals surface area contributed by atoms with Crippen LogP contribution in [0.3, 0.4) is 0 Å². The van der Waals surface area contributed by atoms with E-state index in [0.29, 0.717) is 11.6 Å². The lowest BCUT2D eigenvalue weighted by Crippen LogP contribution is -2.35. The van der Waals surface area contributed by atoms with Crippen molar-refractivity contribution in [1.82, 2.24) is 20.0 Å². The van der Waals surface area contributed by atoms with Gasteiger partial charge in [-0.25, -0.2) is 0 Å². The van der Waals surface area contributed by atoms with Crippen molar-refractivity contribution in [1.29, 1.82) is 0 Å². The third kappa shape index (κ3) is 3.33. The number of H-pyrrole nitrogens is 1. The number of likely N-dealkylation sites (N-methyl/N-ethyl adjacent to an activating group) is 1. The van der Waals surface area contributed by atoms with E-state index in [1.807, 2.05) is 18.0 Å². The number of para-hydroxylation sites is 1. The van der Waals surface area contributed by atoms with Crippen molar-refractivity contribution in [2.45, 2.75) is 19.4 Å². The van der Waals surface area contributed by atoms with Crippen LogP contribution >= 0.6 is 0 Å². The van der Waals surface area contributed by atoms with Crippen LogP contribution in [0, 0.1) is 5.92 Å². The Balaban J connectivity index is 1.39. The number of aromatic amines is 1. The Hall–Kier alpha value is -2.34. The van der Waals surface area contributed by atoms with E-state index in [4.69, 9.17) is 0 Å². The highest BCUT2D eigenvalue weighted by atomic mass is 16.2. The van der Waals surface area contributed by atoms with Gasteiger partial charge in [-0.15, -0.1) is 0 Å². The summed E-state index contributed by atoms with van der Waals surface area (Å²) in [5.74, 6) is 0.539. The molecular formula is C20H27N5O. The molecule has 138 valence electrons. The fourth-order valence-electron chi connectivity index (χ4n) is 4.11. The molecule has 0 radical (unpaired) electrons. The Labute approximate surface area is 154 Å². The minimum Gasteiger partial charge on any atom is -0.371 e. The maximum absolute atomic E-state index is 12.9. The van der Waals surface area contributed by atoms with Crippen LogP contribution < -0.4 is 4.90 Å². The van der Waals surface area contributed by atoms with Crippen LogP contribution in [0.25, 0.3) is 0 Å². The van der Waals surface area contributed by atoms with Gasteiger partial charge in [0.1, 0.15) is 0 Å². The molecule has 1 aromatic carbocycles. The molecule has 2 aromatic rings. The molecule has 1 atom stereocenters. The largest absolute Gasteiger partial charge is 0.371 e. The van der Waals surface area contributed by atoms with E-state index in [0.717, 1.165) is 56.8 Å². The van der Waals surface area contributed by atoms with Crippen molar-refractivity contribution in [3.05, 3.63) is 47.3 Å². The van der Waals surface area contributed by atoms with Gasteiger partial charge in [0.2, 0.25) is 0 Å². The van der Waals surface area contributed by atoms with Gasteiger partial charge < -0.3 is 14.7 Å². The summed E-state index contributed by atoms with van der Waals surface area (Å²) in [6.07, 6.45) is 2.05. The minimum atomic E-state index is 0.0379. The van der Waals surface area contributed by atoms with Gasteiger partial charge in [0.05, 0.1) is 0 Å². The summed E-state index contributed by atoms with van der Waals surface area (Å²) < 4.78 is 0. The number of fused-ring (bicyclic) bond motifs is 1. The highest BCUT2D eigenvalue weighted by Gasteiger charge is 2.29. The molecule has 0 bridgehead atoms. The molecule has 0 unspecified atom stereocenters. The van der Waals surface area contributed by atoms with Crippen LogP contribution in [0.1, 0.15) is 28.2 Å². The van der Waals surface area contributed by atoms with Crippen molar-refractivity contribution >= 4 is 11.6 Å². The van der Waals surface area contributed by atoms with Gasteiger partial charge in [-0.1, -0.05) is 18.2 Å². The van der Waals surface area contributed by atoms with E-state index < -0.39 is 0 Å². The molecular weight excluding hydrogens is 326 g/mol. The van der Waals surface area contributed by atoms with E-state index in [-0.39, 0.29) is 5.91 Å². The highest BCUT2D eigenvalue weighted by molar-refractivity contribution is 5.93. The number of hydrogen-bond acceptors (Lipinski definition) is 4. The van der Waals surface area contributed by atoms with Crippen molar-refractivity contribution in [3.8, 4) is 0 Å². The molecule has 6 nitrogen and oxygen atoms in total. The fraction of sp³-hybridized carbons (Fsp3) is 0.500. The average molecular weight is 353 g/mol. The lowest BCUT2D eigenvalue weighted by atomic mass is 10.0. The maximum Gasteiger partial charge on any atom is 0.274 e. The van der Waals surface area contributed by atoms with Crippen LogP contribution in [0.4, 0.5) is 5.69 Å². The number of nitrogens with one attached hydrogen (secondary N) is 1. The first kappa shape index (κ1) is 17.1. The zero-order valence-corrected chi connectivity index (χ0v) is 15.6. The smallest absolute Gasteiger partial charge is 0.274 e. The van der Waals surface area contributed by atoms with E-state index in [2.05, 4.69) is 51.3 Å². The highest BCUT2D eigenvalue weighted by Crippen LogP contribution is 2.25. The Morgan fingerprint density at radius 1 is 1.31 bits per heavy atom. The van der Waals surface area contributed by atoms with Gasteiger partial charge in [-0.2, -0.15) is 5.10 Å². The standard InChI is InChI=1S/C20H27N5O/c1-23-10-9-18-17(14-23)19(22-21-18)20(26)24(2)12-15-8-11-25(13-15)16-6-4-3-5-7-16/h3-7,15H,8-14H2,1-2H3,(H,21,22)/t15-/m0/s1. The Morgan fingerprint density at radius 3 is 2.92 bits per heavy atom. The molecule has 1 fully saturated rings. The Bertz CT molecular complexity index is 772. The van der Waals surface area contributed by atoms with Gasteiger partial charge in [0.15, 0.2) is 5.69 Å². The predicted octanol–water partition coefficient (Wildman–Crippen LogP) is 2.00. The summed E-state index contributed by atoms with van der Waals surface area (Å²) in [5, 5.41) is 7.41. The SMILES string of the molecule is CN1CCc2[nH]nc(C(=O)N(C)C[C@@H]3CCN(c4ccccc4)C3)c2C1. The van der Waals surface area contributed by atoms with E-state index in [9.17, 15) is 4.79 Å². The zero-order chi connectivity index (χ0) is 18.1. The van der Waals surface area contributed by atoms with E-state index >= 15 is 0 Å². The molecule has 0 spiro atoms. The number of hydrogen-bond donors (Lipinski definition) is 1. The molecule has 1 N–H and O–H groups in total. The summed E-state index contributed by atoms with van der Waals surface area (Å²) in [6.45, 7) is 4.64. The number of anilines is 1. The Kier molecular flexibility index (Phi) is 4.68. The molecule has 1 saturated heterocycles. The van der Waals surface area contributed by atoms with Crippen molar-refractivity contribution < 1.29 is 4.79 Å². The molecule has 4 rings (SSSR count). The summed E-state index contributed by atoms with van der Waals surface area (Å²) >= 11 is 0. The number of carbonyl (C=O) groups excluding carboxylic acids is 1. The van der Waals surface area contributed by atoms with Gasteiger partial charge in [-0.05, 0) is 31.5 Å². The van der Waals surface area contributed by atoms with Crippen LogP contribution in [0.15, 0.2) is 30.3 Å². The molecule has 2 aliphatic heterocycles. The molecule has 1 amide bonds. The number of carbonyl (C=O) groups is 1. The summed E-state index contributed by atoms with van der Waals surface area (Å²) in [4.78, 5) is 19.4. The number of aromatic nitrogens is 2. The quantitative estimate of drug-likeness (QED) is 0.913.